The summed E-state index contributed by atoms with van der Waals surface area (Å²) in [4.78, 5) is 9.25. The highest BCUT2D eigenvalue weighted by molar-refractivity contribution is 6.10. The second-order valence-electron chi connectivity index (χ2n) is 9.71. The number of methoxy groups -OCH3 is 1. The Bertz CT molecular complexity index is 1270. The molecule has 3 aromatic carbocycles. The van der Waals surface area contributed by atoms with E-state index in [9.17, 15) is 0 Å². The van der Waals surface area contributed by atoms with E-state index in [-0.39, 0.29) is 0 Å². The zero-order valence-corrected chi connectivity index (χ0v) is 22.5. The summed E-state index contributed by atoms with van der Waals surface area (Å²) >= 11 is 0. The summed E-state index contributed by atoms with van der Waals surface area (Å²) < 4.78 is 5.74. The van der Waals surface area contributed by atoms with Gasteiger partial charge in [-0.25, -0.2) is 4.98 Å². The molecule has 4 rings (SSSR count). The van der Waals surface area contributed by atoms with E-state index in [1.54, 1.807) is 7.11 Å². The molecule has 0 radical (unpaired) electrons. The standard InChI is InChI=1S/C30H39N5O/c1-7-8-9-10-17-31-26-16-11-21(18-29(26)36-6)32-30-24-14-12-22(34(2)3)19-27(24)33-28-20-23(35(4)5)13-15-25(28)30/h11-16,18-20,31H,7-10,17H2,1-6H3,(H,32,33). The average molecular weight is 486 g/mol. The van der Waals surface area contributed by atoms with Crippen molar-refractivity contribution < 1.29 is 4.74 Å². The number of anilines is 5. The number of pyridine rings is 1. The number of nitrogens with one attached hydrogen (secondary N) is 2. The van der Waals surface area contributed by atoms with Crippen LogP contribution in [-0.4, -0.2) is 46.8 Å². The molecule has 36 heavy (non-hydrogen) atoms. The van der Waals surface area contributed by atoms with Crippen molar-refractivity contribution in [3.63, 3.8) is 0 Å². The zero-order chi connectivity index (χ0) is 25.7. The molecule has 0 unspecified atom stereocenters. The molecule has 190 valence electrons. The highest BCUT2D eigenvalue weighted by Crippen LogP contribution is 2.37. The number of unbranched alkanes of at least 4 members (excludes halogenated alkanes) is 3. The van der Waals surface area contributed by atoms with Gasteiger partial charge in [-0.1, -0.05) is 26.2 Å². The molecule has 0 saturated heterocycles. The minimum absolute atomic E-state index is 0.836. The fourth-order valence-electron chi connectivity index (χ4n) is 4.45. The summed E-state index contributed by atoms with van der Waals surface area (Å²) in [7, 11) is 9.94. The molecular weight excluding hydrogens is 446 g/mol. The fraction of sp³-hybridized carbons (Fsp3) is 0.367. The van der Waals surface area contributed by atoms with Gasteiger partial charge in [0.2, 0.25) is 0 Å². The lowest BCUT2D eigenvalue weighted by atomic mass is 10.1. The Labute approximate surface area is 215 Å². The van der Waals surface area contributed by atoms with Gasteiger partial charge in [0.15, 0.2) is 0 Å². The van der Waals surface area contributed by atoms with Crippen molar-refractivity contribution in [3.05, 3.63) is 54.6 Å². The molecule has 0 amide bonds. The molecule has 0 spiro atoms. The van der Waals surface area contributed by atoms with E-state index in [0.29, 0.717) is 0 Å². The topological polar surface area (TPSA) is 52.7 Å². The summed E-state index contributed by atoms with van der Waals surface area (Å²) in [5.74, 6) is 0.836. The number of rotatable bonds is 11. The molecule has 0 fully saturated rings. The molecule has 0 atom stereocenters. The number of benzene rings is 3. The van der Waals surface area contributed by atoms with Crippen molar-refractivity contribution >= 4 is 50.2 Å². The smallest absolute Gasteiger partial charge is 0.144 e. The normalized spacial score (nSPS) is 11.1. The Hall–Kier alpha value is -3.67. The first-order valence-corrected chi connectivity index (χ1v) is 12.8. The van der Waals surface area contributed by atoms with Crippen LogP contribution in [0.3, 0.4) is 0 Å². The van der Waals surface area contributed by atoms with Crippen LogP contribution in [0.1, 0.15) is 32.6 Å². The Morgan fingerprint density at radius 1 is 0.778 bits per heavy atom. The summed E-state index contributed by atoms with van der Waals surface area (Å²) in [6.07, 6.45) is 4.94. The van der Waals surface area contributed by atoms with Crippen molar-refractivity contribution in [1.82, 2.24) is 4.98 Å². The van der Waals surface area contributed by atoms with Crippen molar-refractivity contribution in [2.45, 2.75) is 32.6 Å². The van der Waals surface area contributed by atoms with Crippen LogP contribution in [0, 0.1) is 0 Å². The SMILES string of the molecule is CCCCCCNc1ccc(Nc2c3ccc(N(C)C)cc3nc3cc(N(C)C)ccc23)cc1OC. The van der Waals surface area contributed by atoms with Crippen LogP contribution in [0.4, 0.5) is 28.4 Å². The maximum Gasteiger partial charge on any atom is 0.144 e. The van der Waals surface area contributed by atoms with Crippen LogP contribution < -0.4 is 25.2 Å². The monoisotopic (exact) mass is 485 g/mol. The van der Waals surface area contributed by atoms with Crippen molar-refractivity contribution in [3.8, 4) is 5.75 Å². The Morgan fingerprint density at radius 3 is 1.97 bits per heavy atom. The van der Waals surface area contributed by atoms with E-state index in [2.05, 4.69) is 110 Å². The minimum atomic E-state index is 0.836. The number of nitrogens with zero attached hydrogens (tertiary/aromatic N) is 3. The van der Waals surface area contributed by atoms with Gasteiger partial charge in [0.25, 0.3) is 0 Å². The largest absolute Gasteiger partial charge is 0.495 e. The van der Waals surface area contributed by atoms with E-state index in [1.165, 1.54) is 19.3 Å². The molecule has 0 bridgehead atoms. The van der Waals surface area contributed by atoms with Gasteiger partial charge in [0, 0.05) is 68.6 Å². The van der Waals surface area contributed by atoms with Crippen molar-refractivity contribution in [2.75, 3.05) is 62.3 Å². The van der Waals surface area contributed by atoms with Gasteiger partial charge >= 0.3 is 0 Å². The minimum Gasteiger partial charge on any atom is -0.495 e. The molecule has 0 aliphatic carbocycles. The van der Waals surface area contributed by atoms with Crippen LogP contribution in [0.2, 0.25) is 0 Å². The second-order valence-corrected chi connectivity index (χ2v) is 9.71. The van der Waals surface area contributed by atoms with Gasteiger partial charge in [0.05, 0.1) is 29.5 Å². The van der Waals surface area contributed by atoms with E-state index in [4.69, 9.17) is 9.72 Å². The number of aromatic nitrogens is 1. The van der Waals surface area contributed by atoms with E-state index < -0.39 is 0 Å². The lowest BCUT2D eigenvalue weighted by Gasteiger charge is -2.19. The van der Waals surface area contributed by atoms with E-state index in [1.807, 2.05) is 0 Å². The summed E-state index contributed by atoms with van der Waals surface area (Å²) in [5, 5.41) is 9.41. The highest BCUT2D eigenvalue weighted by Gasteiger charge is 2.13. The first-order valence-electron chi connectivity index (χ1n) is 12.8. The number of hydrogen-bond donors (Lipinski definition) is 2. The van der Waals surface area contributed by atoms with Gasteiger partial charge in [0.1, 0.15) is 5.75 Å². The predicted molar refractivity (Wildman–Crippen MR) is 157 cm³/mol. The van der Waals surface area contributed by atoms with Crippen molar-refractivity contribution in [1.29, 1.82) is 0 Å². The third kappa shape index (κ3) is 5.59. The fourth-order valence-corrected chi connectivity index (χ4v) is 4.45. The molecular formula is C30H39N5O. The van der Waals surface area contributed by atoms with E-state index in [0.717, 1.165) is 69.0 Å². The Morgan fingerprint density at radius 2 is 1.42 bits per heavy atom. The van der Waals surface area contributed by atoms with Gasteiger partial charge in [-0.2, -0.15) is 0 Å². The maximum absolute atomic E-state index is 5.74. The number of ether oxygens (including phenoxy) is 1. The lowest BCUT2D eigenvalue weighted by molar-refractivity contribution is 0.416. The van der Waals surface area contributed by atoms with Gasteiger partial charge in [-0.3, -0.25) is 0 Å². The van der Waals surface area contributed by atoms with E-state index >= 15 is 0 Å². The summed E-state index contributed by atoms with van der Waals surface area (Å²) in [6.45, 7) is 3.19. The van der Waals surface area contributed by atoms with Gasteiger partial charge in [-0.15, -0.1) is 0 Å². The molecule has 4 aromatic rings. The molecule has 0 aliphatic heterocycles. The first-order chi connectivity index (χ1) is 17.4. The van der Waals surface area contributed by atoms with Crippen LogP contribution in [-0.2, 0) is 0 Å². The van der Waals surface area contributed by atoms with Gasteiger partial charge < -0.3 is 25.2 Å². The molecule has 6 nitrogen and oxygen atoms in total. The zero-order valence-electron chi connectivity index (χ0n) is 22.5. The Balaban J connectivity index is 1.73. The first kappa shape index (κ1) is 25.4. The molecule has 0 aliphatic rings. The Kier molecular flexibility index (Phi) is 8.04. The molecule has 1 aromatic heterocycles. The van der Waals surface area contributed by atoms with Crippen LogP contribution in [0.25, 0.3) is 21.8 Å². The predicted octanol–water partition coefficient (Wildman–Crippen LogP) is 7.26. The van der Waals surface area contributed by atoms with Crippen LogP contribution in [0.5, 0.6) is 5.75 Å². The highest BCUT2D eigenvalue weighted by atomic mass is 16.5. The second kappa shape index (κ2) is 11.4. The van der Waals surface area contributed by atoms with Crippen LogP contribution >= 0.6 is 0 Å². The molecule has 6 heteroatoms. The third-order valence-corrected chi connectivity index (χ3v) is 6.59. The van der Waals surface area contributed by atoms with Crippen molar-refractivity contribution in [2.24, 2.45) is 0 Å². The summed E-state index contributed by atoms with van der Waals surface area (Å²) in [5.41, 5.74) is 7.22. The van der Waals surface area contributed by atoms with Gasteiger partial charge in [-0.05, 0) is 55.0 Å². The third-order valence-electron chi connectivity index (χ3n) is 6.59. The summed E-state index contributed by atoms with van der Waals surface area (Å²) in [6, 6.07) is 19.2. The number of fused-ring (bicyclic) bond motifs is 2. The van der Waals surface area contributed by atoms with Crippen LogP contribution in [0.15, 0.2) is 54.6 Å². The molecule has 0 saturated carbocycles. The molecule has 1 heterocycles. The maximum atomic E-state index is 5.74. The lowest BCUT2D eigenvalue weighted by Crippen LogP contribution is -2.09. The molecule has 2 N–H and O–H groups in total. The number of hydrogen-bond acceptors (Lipinski definition) is 6. The quantitative estimate of drug-likeness (QED) is 0.172. The average Bonchev–Trinajstić information content (AvgIpc) is 2.88.